The number of hydrogen-bond donors (Lipinski definition) is 1. The van der Waals surface area contributed by atoms with Crippen LogP contribution in [-0.2, 0) is 4.79 Å². The van der Waals surface area contributed by atoms with Crippen molar-refractivity contribution < 1.29 is 13.9 Å². The number of nitrogens with zero attached hydrogens (tertiary/aromatic N) is 1. The summed E-state index contributed by atoms with van der Waals surface area (Å²) in [4.78, 5) is 12.0. The molecule has 4 rings (SSSR count). The standard InChI is InChI=1S/C23H22N2O3/c1-16-13-20(16)22-12-11-18(28-22)14-24-25-23(26)15-27-21-10-6-5-9-19(21)17-7-3-2-4-8-17/h2-12,14,16,20H,13,15H2,1H3,(H,25,26)/b24-14-/t16-,20+/m1/s1. The van der Waals surface area contributed by atoms with Gasteiger partial charge in [-0.05, 0) is 36.1 Å². The Balaban J connectivity index is 1.31. The maximum Gasteiger partial charge on any atom is 0.277 e. The quantitative estimate of drug-likeness (QED) is 0.486. The third kappa shape index (κ3) is 4.31. The van der Waals surface area contributed by atoms with Crippen molar-refractivity contribution in [1.29, 1.82) is 0 Å². The average Bonchev–Trinajstić information content (AvgIpc) is 3.27. The number of rotatable bonds is 7. The molecular formula is C23H22N2O3. The molecule has 0 aliphatic heterocycles. The topological polar surface area (TPSA) is 63.8 Å². The van der Waals surface area contributed by atoms with Gasteiger partial charge in [0.15, 0.2) is 6.61 Å². The van der Waals surface area contributed by atoms with Crippen LogP contribution in [0, 0.1) is 5.92 Å². The number of ether oxygens (including phenoxy) is 1. The van der Waals surface area contributed by atoms with Crippen LogP contribution in [0.2, 0.25) is 0 Å². The number of amides is 1. The highest BCUT2D eigenvalue weighted by Crippen LogP contribution is 2.47. The second-order valence-corrected chi connectivity index (χ2v) is 7.00. The van der Waals surface area contributed by atoms with E-state index >= 15 is 0 Å². The number of hydrogen-bond acceptors (Lipinski definition) is 4. The average molecular weight is 374 g/mol. The highest BCUT2D eigenvalue weighted by molar-refractivity contribution is 5.81. The Morgan fingerprint density at radius 3 is 2.68 bits per heavy atom. The van der Waals surface area contributed by atoms with Crippen molar-refractivity contribution in [2.45, 2.75) is 19.3 Å². The summed E-state index contributed by atoms with van der Waals surface area (Å²) in [5.74, 6) is 3.15. The van der Waals surface area contributed by atoms with Crippen LogP contribution in [0.1, 0.15) is 30.8 Å². The summed E-state index contributed by atoms with van der Waals surface area (Å²) >= 11 is 0. The number of carbonyl (C=O) groups excluding carboxylic acids is 1. The van der Waals surface area contributed by atoms with Gasteiger partial charge >= 0.3 is 0 Å². The molecule has 0 unspecified atom stereocenters. The van der Waals surface area contributed by atoms with Crippen LogP contribution in [0.4, 0.5) is 0 Å². The van der Waals surface area contributed by atoms with E-state index in [4.69, 9.17) is 9.15 Å². The lowest BCUT2D eigenvalue weighted by Gasteiger charge is -2.10. The molecule has 1 heterocycles. The minimum Gasteiger partial charge on any atom is -0.483 e. The fraction of sp³-hybridized carbons (Fsp3) is 0.217. The summed E-state index contributed by atoms with van der Waals surface area (Å²) in [6.07, 6.45) is 2.68. The van der Waals surface area contributed by atoms with E-state index in [-0.39, 0.29) is 12.5 Å². The molecule has 2 atom stereocenters. The van der Waals surface area contributed by atoms with Crippen molar-refractivity contribution in [2.24, 2.45) is 11.0 Å². The van der Waals surface area contributed by atoms with Crippen molar-refractivity contribution in [3.63, 3.8) is 0 Å². The third-order valence-corrected chi connectivity index (χ3v) is 4.83. The van der Waals surface area contributed by atoms with Crippen molar-refractivity contribution >= 4 is 12.1 Å². The number of nitrogens with one attached hydrogen (secondary N) is 1. The van der Waals surface area contributed by atoms with E-state index in [2.05, 4.69) is 17.5 Å². The highest BCUT2D eigenvalue weighted by atomic mass is 16.5. The van der Waals surface area contributed by atoms with Gasteiger partial charge in [0.1, 0.15) is 17.3 Å². The summed E-state index contributed by atoms with van der Waals surface area (Å²) in [5.41, 5.74) is 4.45. The largest absolute Gasteiger partial charge is 0.483 e. The first-order valence-corrected chi connectivity index (χ1v) is 9.39. The fourth-order valence-corrected chi connectivity index (χ4v) is 3.15. The molecule has 1 amide bonds. The Kier molecular flexibility index (Phi) is 5.24. The summed E-state index contributed by atoms with van der Waals surface area (Å²) < 4.78 is 11.4. The second-order valence-electron chi connectivity index (χ2n) is 7.00. The lowest BCUT2D eigenvalue weighted by molar-refractivity contribution is -0.123. The fourth-order valence-electron chi connectivity index (χ4n) is 3.15. The van der Waals surface area contributed by atoms with Gasteiger partial charge in [0.05, 0.1) is 6.21 Å². The highest BCUT2D eigenvalue weighted by Gasteiger charge is 2.36. The van der Waals surface area contributed by atoms with E-state index in [1.807, 2.05) is 66.7 Å². The van der Waals surface area contributed by atoms with Gasteiger partial charge in [0.2, 0.25) is 0 Å². The maximum atomic E-state index is 12.0. The van der Waals surface area contributed by atoms with Crippen LogP contribution in [0.15, 0.2) is 76.2 Å². The van der Waals surface area contributed by atoms with Crippen LogP contribution in [0.3, 0.4) is 0 Å². The lowest BCUT2D eigenvalue weighted by atomic mass is 10.1. The molecule has 1 aliphatic carbocycles. The SMILES string of the molecule is C[C@@H]1C[C@@H]1c1ccc(/C=N\NC(=O)COc2ccccc2-c2ccccc2)o1. The van der Waals surface area contributed by atoms with Gasteiger partial charge in [-0.15, -0.1) is 0 Å². The summed E-state index contributed by atoms with van der Waals surface area (Å²) in [7, 11) is 0. The first-order valence-electron chi connectivity index (χ1n) is 9.39. The van der Waals surface area contributed by atoms with Gasteiger partial charge in [0, 0.05) is 11.5 Å². The van der Waals surface area contributed by atoms with E-state index in [1.165, 1.54) is 12.6 Å². The number of hydrazone groups is 1. The van der Waals surface area contributed by atoms with E-state index in [0.29, 0.717) is 23.3 Å². The Morgan fingerprint density at radius 1 is 1.14 bits per heavy atom. The number of furan rings is 1. The Hall–Kier alpha value is -3.34. The van der Waals surface area contributed by atoms with Crippen LogP contribution in [-0.4, -0.2) is 18.7 Å². The predicted molar refractivity (Wildman–Crippen MR) is 108 cm³/mol. The molecule has 3 aromatic rings. The van der Waals surface area contributed by atoms with E-state index < -0.39 is 0 Å². The van der Waals surface area contributed by atoms with Gasteiger partial charge in [-0.25, -0.2) is 5.43 Å². The molecule has 1 fully saturated rings. The maximum absolute atomic E-state index is 12.0. The van der Waals surface area contributed by atoms with Gasteiger partial charge in [-0.3, -0.25) is 4.79 Å². The second kappa shape index (κ2) is 8.13. The smallest absolute Gasteiger partial charge is 0.277 e. The normalized spacial score (nSPS) is 18.2. The zero-order valence-corrected chi connectivity index (χ0v) is 15.7. The van der Waals surface area contributed by atoms with Gasteiger partial charge < -0.3 is 9.15 Å². The van der Waals surface area contributed by atoms with Gasteiger partial charge in [-0.2, -0.15) is 5.10 Å². The minimum atomic E-state index is -0.332. The third-order valence-electron chi connectivity index (χ3n) is 4.83. The zero-order valence-electron chi connectivity index (χ0n) is 15.7. The van der Waals surface area contributed by atoms with Gasteiger partial charge in [-0.1, -0.05) is 55.5 Å². The monoisotopic (exact) mass is 374 g/mol. The Labute approximate surface area is 164 Å². The molecule has 0 spiro atoms. The molecule has 1 aliphatic rings. The Bertz CT molecular complexity index is 978. The zero-order chi connectivity index (χ0) is 19.3. The molecule has 0 radical (unpaired) electrons. The van der Waals surface area contributed by atoms with Crippen LogP contribution in [0.25, 0.3) is 11.1 Å². The van der Waals surface area contributed by atoms with Crippen molar-refractivity contribution in [1.82, 2.24) is 5.43 Å². The molecule has 1 N–H and O–H groups in total. The number of carbonyl (C=O) groups is 1. The van der Waals surface area contributed by atoms with Crippen LogP contribution < -0.4 is 10.2 Å². The molecule has 2 aromatic carbocycles. The first-order chi connectivity index (χ1) is 13.7. The minimum absolute atomic E-state index is 0.121. The number of para-hydroxylation sites is 1. The summed E-state index contributed by atoms with van der Waals surface area (Å²) in [6, 6.07) is 21.4. The molecular weight excluding hydrogens is 352 g/mol. The first kappa shape index (κ1) is 18.0. The van der Waals surface area contributed by atoms with Crippen molar-refractivity contribution in [3.8, 4) is 16.9 Å². The molecule has 1 aromatic heterocycles. The molecule has 0 saturated heterocycles. The molecule has 5 heteroatoms. The molecule has 28 heavy (non-hydrogen) atoms. The van der Waals surface area contributed by atoms with Crippen molar-refractivity contribution in [2.75, 3.05) is 6.61 Å². The van der Waals surface area contributed by atoms with Crippen LogP contribution >= 0.6 is 0 Å². The van der Waals surface area contributed by atoms with E-state index in [1.54, 1.807) is 0 Å². The van der Waals surface area contributed by atoms with Crippen molar-refractivity contribution in [3.05, 3.63) is 78.3 Å². The molecule has 0 bridgehead atoms. The van der Waals surface area contributed by atoms with Crippen LogP contribution in [0.5, 0.6) is 5.75 Å². The lowest BCUT2D eigenvalue weighted by Crippen LogP contribution is -2.24. The predicted octanol–water partition coefficient (Wildman–Crippen LogP) is 4.60. The van der Waals surface area contributed by atoms with Gasteiger partial charge in [0.25, 0.3) is 5.91 Å². The molecule has 1 saturated carbocycles. The number of benzene rings is 2. The molecule has 142 valence electrons. The summed E-state index contributed by atoms with van der Waals surface area (Å²) in [6.45, 7) is 2.08. The molecule has 5 nitrogen and oxygen atoms in total. The van der Waals surface area contributed by atoms with E-state index in [0.717, 1.165) is 16.9 Å². The van der Waals surface area contributed by atoms with E-state index in [9.17, 15) is 4.79 Å². The Morgan fingerprint density at radius 2 is 1.89 bits per heavy atom. The summed E-state index contributed by atoms with van der Waals surface area (Å²) in [5, 5.41) is 3.95.